The fourth-order valence-electron chi connectivity index (χ4n) is 3.70. The first kappa shape index (κ1) is 20.0. The molecule has 0 N–H and O–H groups in total. The van der Waals surface area contributed by atoms with Gasteiger partial charge in [0.1, 0.15) is 11.6 Å². The Morgan fingerprint density at radius 1 is 0.500 bits per heavy atom. The predicted molar refractivity (Wildman–Crippen MR) is 121 cm³/mol. The second-order valence-electron chi connectivity index (χ2n) is 7.86. The smallest absolute Gasteiger partial charge is 0.131 e. The van der Waals surface area contributed by atoms with Gasteiger partial charge in [0.15, 0.2) is 0 Å². The molecule has 0 fully saturated rings. The molecule has 0 spiro atoms. The molecule has 150 valence electrons. The third-order valence-electron chi connectivity index (χ3n) is 5.48. The van der Waals surface area contributed by atoms with Crippen molar-refractivity contribution in [3.05, 3.63) is 119 Å². The van der Waals surface area contributed by atoms with Crippen LogP contribution < -0.4 is 0 Å². The molecule has 0 nitrogen and oxygen atoms in total. The van der Waals surface area contributed by atoms with E-state index in [1.807, 2.05) is 62.4 Å². The summed E-state index contributed by atoms with van der Waals surface area (Å²) in [5, 5.41) is 0. The highest BCUT2D eigenvalue weighted by Gasteiger charge is 2.07. The maximum Gasteiger partial charge on any atom is 0.131 e. The van der Waals surface area contributed by atoms with Gasteiger partial charge < -0.3 is 0 Å². The Balaban J connectivity index is 1.42. The normalized spacial score (nSPS) is 10.9. The average molecular weight is 398 g/mol. The summed E-state index contributed by atoms with van der Waals surface area (Å²) in [6.07, 6.45) is 1.80. The molecule has 2 heteroatoms. The van der Waals surface area contributed by atoms with Crippen LogP contribution in [-0.4, -0.2) is 0 Å². The molecule has 0 saturated heterocycles. The molecule has 0 aliphatic carbocycles. The Bertz CT molecular complexity index is 1060. The van der Waals surface area contributed by atoms with Crippen molar-refractivity contribution >= 4 is 0 Å². The van der Waals surface area contributed by atoms with Crippen molar-refractivity contribution in [1.29, 1.82) is 0 Å². The molecule has 0 amide bonds. The lowest BCUT2D eigenvalue weighted by Gasteiger charge is -2.08. The molecule has 0 saturated carbocycles. The van der Waals surface area contributed by atoms with Crippen molar-refractivity contribution in [1.82, 2.24) is 0 Å². The van der Waals surface area contributed by atoms with Gasteiger partial charge in [-0.25, -0.2) is 8.78 Å². The Labute approximate surface area is 176 Å². The Morgan fingerprint density at radius 2 is 0.867 bits per heavy atom. The maximum atomic E-state index is 14.2. The average Bonchev–Trinajstić information content (AvgIpc) is 2.73. The van der Waals surface area contributed by atoms with Crippen LogP contribution in [0.25, 0.3) is 22.3 Å². The number of halogens is 2. The minimum absolute atomic E-state index is 0.187. The molecule has 0 atom stereocenters. The molecule has 0 radical (unpaired) electrons. The van der Waals surface area contributed by atoms with Crippen LogP contribution in [0, 0.1) is 25.5 Å². The van der Waals surface area contributed by atoms with Gasteiger partial charge in [0.05, 0.1) is 0 Å². The van der Waals surface area contributed by atoms with Gasteiger partial charge >= 0.3 is 0 Å². The highest BCUT2D eigenvalue weighted by Crippen LogP contribution is 2.26. The van der Waals surface area contributed by atoms with E-state index in [4.69, 9.17) is 0 Å². The Kier molecular flexibility index (Phi) is 5.76. The van der Waals surface area contributed by atoms with Gasteiger partial charge in [0.25, 0.3) is 0 Å². The molecule has 30 heavy (non-hydrogen) atoms. The van der Waals surface area contributed by atoms with Gasteiger partial charge in [0.2, 0.25) is 0 Å². The van der Waals surface area contributed by atoms with E-state index < -0.39 is 0 Å². The van der Waals surface area contributed by atoms with E-state index in [1.165, 1.54) is 11.1 Å². The summed E-state index contributed by atoms with van der Waals surface area (Å²) >= 11 is 0. The van der Waals surface area contributed by atoms with Gasteiger partial charge in [-0.1, -0.05) is 72.8 Å². The summed E-state index contributed by atoms with van der Waals surface area (Å²) in [7, 11) is 0. The molecule has 0 aliphatic heterocycles. The van der Waals surface area contributed by atoms with Crippen LogP contribution in [-0.2, 0) is 12.8 Å². The van der Waals surface area contributed by atoms with Crippen molar-refractivity contribution in [3.63, 3.8) is 0 Å². The van der Waals surface area contributed by atoms with Crippen LogP contribution in [0.2, 0.25) is 0 Å². The summed E-state index contributed by atoms with van der Waals surface area (Å²) < 4.78 is 28.4. The summed E-state index contributed by atoms with van der Waals surface area (Å²) in [6, 6.07) is 26.8. The predicted octanol–water partition coefficient (Wildman–Crippen LogP) is 7.70. The molecule has 0 heterocycles. The first-order valence-electron chi connectivity index (χ1n) is 10.2. The number of hydrogen-bond donors (Lipinski definition) is 0. The van der Waals surface area contributed by atoms with Crippen LogP contribution in [0.15, 0.2) is 84.9 Å². The number of aryl methyl sites for hydroxylation is 4. The fourth-order valence-corrected chi connectivity index (χ4v) is 3.70. The van der Waals surface area contributed by atoms with Gasteiger partial charge in [-0.15, -0.1) is 0 Å². The minimum atomic E-state index is -0.187. The van der Waals surface area contributed by atoms with E-state index in [1.54, 1.807) is 12.1 Å². The third kappa shape index (κ3) is 4.49. The molecule has 0 aromatic heterocycles. The quantitative estimate of drug-likeness (QED) is 0.323. The standard InChI is InChI=1S/C28H24F2/c1-19-3-15-25(27(29)17-19)23-11-7-21(8-12-23)5-6-22-9-13-24(14-10-22)26-16-4-20(2)18-28(26)30/h3-4,7-18H,5-6H2,1-2H3. The van der Waals surface area contributed by atoms with Crippen LogP contribution in [0.5, 0.6) is 0 Å². The second-order valence-corrected chi connectivity index (χ2v) is 7.86. The van der Waals surface area contributed by atoms with E-state index in [9.17, 15) is 8.78 Å². The number of hydrogen-bond acceptors (Lipinski definition) is 0. The van der Waals surface area contributed by atoms with Gasteiger partial charge in [0, 0.05) is 11.1 Å². The third-order valence-corrected chi connectivity index (χ3v) is 5.48. The molecule has 0 aliphatic rings. The summed E-state index contributed by atoms with van der Waals surface area (Å²) in [6.45, 7) is 3.78. The van der Waals surface area contributed by atoms with Crippen LogP contribution in [0.3, 0.4) is 0 Å². The zero-order chi connectivity index (χ0) is 21.1. The lowest BCUT2D eigenvalue weighted by Crippen LogP contribution is -1.93. The zero-order valence-electron chi connectivity index (χ0n) is 17.3. The highest BCUT2D eigenvalue weighted by molar-refractivity contribution is 5.65. The fraction of sp³-hybridized carbons (Fsp3) is 0.143. The highest BCUT2D eigenvalue weighted by atomic mass is 19.1. The van der Waals surface area contributed by atoms with Gasteiger partial charge in [-0.2, -0.15) is 0 Å². The van der Waals surface area contributed by atoms with Crippen LogP contribution in [0.1, 0.15) is 22.3 Å². The SMILES string of the molecule is Cc1ccc(-c2ccc(CCc3ccc(-c4ccc(C)cc4F)cc3)cc2)c(F)c1. The lowest BCUT2D eigenvalue weighted by atomic mass is 9.98. The monoisotopic (exact) mass is 398 g/mol. The molecule has 0 unspecified atom stereocenters. The maximum absolute atomic E-state index is 14.2. The molecular formula is C28H24F2. The van der Waals surface area contributed by atoms with Crippen LogP contribution in [0.4, 0.5) is 8.78 Å². The molecule has 4 rings (SSSR count). The van der Waals surface area contributed by atoms with E-state index >= 15 is 0 Å². The summed E-state index contributed by atoms with van der Waals surface area (Å²) in [5.41, 5.74) is 7.30. The van der Waals surface area contributed by atoms with E-state index in [2.05, 4.69) is 24.3 Å². The second kappa shape index (κ2) is 8.62. The largest absolute Gasteiger partial charge is 0.206 e. The topological polar surface area (TPSA) is 0 Å². The Hall–Kier alpha value is -3.26. The van der Waals surface area contributed by atoms with Gasteiger partial charge in [-0.3, -0.25) is 0 Å². The lowest BCUT2D eigenvalue weighted by molar-refractivity contribution is 0.629. The Morgan fingerprint density at radius 3 is 1.20 bits per heavy atom. The minimum Gasteiger partial charge on any atom is -0.206 e. The van der Waals surface area contributed by atoms with E-state index in [-0.39, 0.29) is 11.6 Å². The molecule has 4 aromatic rings. The van der Waals surface area contributed by atoms with Crippen molar-refractivity contribution in [3.8, 4) is 22.3 Å². The number of rotatable bonds is 5. The summed E-state index contributed by atoms with van der Waals surface area (Å²) in [4.78, 5) is 0. The van der Waals surface area contributed by atoms with Gasteiger partial charge in [-0.05, 0) is 72.2 Å². The molecule has 0 bridgehead atoms. The first-order chi connectivity index (χ1) is 14.5. The van der Waals surface area contributed by atoms with Crippen LogP contribution >= 0.6 is 0 Å². The van der Waals surface area contributed by atoms with E-state index in [0.29, 0.717) is 11.1 Å². The zero-order valence-corrected chi connectivity index (χ0v) is 17.3. The van der Waals surface area contributed by atoms with Crippen molar-refractivity contribution < 1.29 is 8.78 Å². The summed E-state index contributed by atoms with van der Waals surface area (Å²) in [5.74, 6) is -0.374. The molecular weight excluding hydrogens is 374 g/mol. The van der Waals surface area contributed by atoms with Crippen molar-refractivity contribution in [2.75, 3.05) is 0 Å². The molecule has 4 aromatic carbocycles. The first-order valence-corrected chi connectivity index (χ1v) is 10.2. The van der Waals surface area contributed by atoms with E-state index in [0.717, 1.165) is 35.1 Å². The van der Waals surface area contributed by atoms with Crippen molar-refractivity contribution in [2.45, 2.75) is 26.7 Å². The number of benzene rings is 4. The van der Waals surface area contributed by atoms with Crippen molar-refractivity contribution in [2.24, 2.45) is 0 Å².